The first-order valence-corrected chi connectivity index (χ1v) is 4.37. The molecule has 0 atom stereocenters. The molecule has 1 rings (SSSR count). The molecule has 11 heavy (non-hydrogen) atoms. The van der Waals surface area contributed by atoms with Crippen molar-refractivity contribution in [1.82, 2.24) is 9.78 Å². The molecule has 0 aliphatic heterocycles. The fourth-order valence-corrected chi connectivity index (χ4v) is 1.25. The Morgan fingerprint density at radius 2 is 2.27 bits per heavy atom. The summed E-state index contributed by atoms with van der Waals surface area (Å²) in [5, 5.41) is 5.10. The Hall–Kier alpha value is -0.500. The maximum Gasteiger partial charge on any atom is 0.0817 e. The second-order valence-electron chi connectivity index (χ2n) is 2.53. The van der Waals surface area contributed by atoms with Crippen LogP contribution in [0.25, 0.3) is 0 Å². The lowest BCUT2D eigenvalue weighted by molar-refractivity contribution is 0.644. The molecule has 0 unspecified atom stereocenters. The Morgan fingerprint density at radius 1 is 1.55 bits per heavy atom. The van der Waals surface area contributed by atoms with Crippen LogP contribution in [-0.4, -0.2) is 9.78 Å². The first kappa shape index (κ1) is 8.60. The smallest absolute Gasteiger partial charge is 0.0817 e. The monoisotopic (exact) mass is 172 g/mol. The molecule has 0 N–H and O–H groups in total. The fourth-order valence-electron chi connectivity index (χ4n) is 1.01. The molecule has 62 valence electrons. The lowest BCUT2D eigenvalue weighted by Gasteiger charge is -1.92. The van der Waals surface area contributed by atoms with Crippen LogP contribution < -0.4 is 0 Å². The SMILES string of the molecule is CCCc1nn(CC)cc1Cl. The Kier molecular flexibility index (Phi) is 2.94. The second-order valence-corrected chi connectivity index (χ2v) is 2.94. The molecule has 1 aromatic rings. The van der Waals surface area contributed by atoms with E-state index in [-0.39, 0.29) is 0 Å². The van der Waals surface area contributed by atoms with Crippen LogP contribution in [0.4, 0.5) is 0 Å². The van der Waals surface area contributed by atoms with E-state index < -0.39 is 0 Å². The van der Waals surface area contributed by atoms with Gasteiger partial charge in [0.05, 0.1) is 10.7 Å². The van der Waals surface area contributed by atoms with Crippen molar-refractivity contribution in [3.8, 4) is 0 Å². The van der Waals surface area contributed by atoms with E-state index in [0.29, 0.717) is 0 Å². The first-order chi connectivity index (χ1) is 5.27. The minimum Gasteiger partial charge on any atom is -0.271 e. The minimum absolute atomic E-state index is 0.800. The zero-order valence-electron chi connectivity index (χ0n) is 6.97. The van der Waals surface area contributed by atoms with Crippen LogP contribution in [0.1, 0.15) is 26.0 Å². The Labute approximate surface area is 72.2 Å². The van der Waals surface area contributed by atoms with Gasteiger partial charge in [-0.25, -0.2) is 0 Å². The summed E-state index contributed by atoms with van der Waals surface area (Å²) in [5.74, 6) is 0. The van der Waals surface area contributed by atoms with Gasteiger partial charge in [-0.05, 0) is 13.3 Å². The summed E-state index contributed by atoms with van der Waals surface area (Å²) in [7, 11) is 0. The predicted molar refractivity (Wildman–Crippen MR) is 46.9 cm³/mol. The van der Waals surface area contributed by atoms with E-state index in [0.717, 1.165) is 30.1 Å². The highest BCUT2D eigenvalue weighted by atomic mass is 35.5. The standard InChI is InChI=1S/C8H13ClN2/c1-3-5-8-7(9)6-11(4-2)10-8/h6H,3-5H2,1-2H3. The van der Waals surface area contributed by atoms with Gasteiger partial charge in [0.15, 0.2) is 0 Å². The van der Waals surface area contributed by atoms with E-state index in [1.54, 1.807) is 0 Å². The molecule has 0 amide bonds. The third-order valence-electron chi connectivity index (χ3n) is 1.60. The van der Waals surface area contributed by atoms with Crippen molar-refractivity contribution in [2.45, 2.75) is 33.2 Å². The van der Waals surface area contributed by atoms with Gasteiger partial charge in [0, 0.05) is 12.7 Å². The van der Waals surface area contributed by atoms with Crippen LogP contribution >= 0.6 is 11.6 Å². The lowest BCUT2D eigenvalue weighted by Crippen LogP contribution is -1.95. The van der Waals surface area contributed by atoms with Gasteiger partial charge >= 0.3 is 0 Å². The lowest BCUT2D eigenvalue weighted by atomic mass is 10.3. The summed E-state index contributed by atoms with van der Waals surface area (Å²) in [4.78, 5) is 0. The van der Waals surface area contributed by atoms with Gasteiger partial charge in [0.1, 0.15) is 0 Å². The third-order valence-corrected chi connectivity index (χ3v) is 1.91. The van der Waals surface area contributed by atoms with Crippen molar-refractivity contribution in [2.24, 2.45) is 0 Å². The summed E-state index contributed by atoms with van der Waals surface area (Å²) in [6.45, 7) is 5.07. The minimum atomic E-state index is 0.800. The number of halogens is 1. The summed E-state index contributed by atoms with van der Waals surface area (Å²) in [5.41, 5.74) is 1.02. The number of aryl methyl sites for hydroxylation is 2. The zero-order valence-corrected chi connectivity index (χ0v) is 7.73. The molecule has 0 bridgehead atoms. The molecule has 0 saturated carbocycles. The predicted octanol–water partition coefficient (Wildman–Crippen LogP) is 2.51. The van der Waals surface area contributed by atoms with Gasteiger partial charge in [-0.15, -0.1) is 0 Å². The van der Waals surface area contributed by atoms with Crippen molar-refractivity contribution in [3.63, 3.8) is 0 Å². The van der Waals surface area contributed by atoms with Crippen molar-refractivity contribution < 1.29 is 0 Å². The molecule has 1 heterocycles. The van der Waals surface area contributed by atoms with E-state index in [1.165, 1.54) is 0 Å². The van der Waals surface area contributed by atoms with Gasteiger partial charge < -0.3 is 0 Å². The van der Waals surface area contributed by atoms with E-state index >= 15 is 0 Å². The molecule has 0 aliphatic rings. The summed E-state index contributed by atoms with van der Waals surface area (Å²) in [6.07, 6.45) is 3.96. The van der Waals surface area contributed by atoms with E-state index in [1.807, 2.05) is 10.9 Å². The summed E-state index contributed by atoms with van der Waals surface area (Å²) in [6, 6.07) is 0. The van der Waals surface area contributed by atoms with Gasteiger partial charge in [-0.1, -0.05) is 24.9 Å². The molecule has 0 aliphatic carbocycles. The number of hydrogen-bond donors (Lipinski definition) is 0. The average molecular weight is 173 g/mol. The topological polar surface area (TPSA) is 17.8 Å². The second kappa shape index (κ2) is 3.77. The van der Waals surface area contributed by atoms with Crippen molar-refractivity contribution in [1.29, 1.82) is 0 Å². The molecule has 0 radical (unpaired) electrons. The largest absolute Gasteiger partial charge is 0.271 e. The molecular formula is C8H13ClN2. The maximum atomic E-state index is 5.92. The molecular weight excluding hydrogens is 160 g/mol. The van der Waals surface area contributed by atoms with Gasteiger partial charge in [-0.2, -0.15) is 5.10 Å². The third kappa shape index (κ3) is 1.96. The van der Waals surface area contributed by atoms with Crippen molar-refractivity contribution in [2.75, 3.05) is 0 Å². The fraction of sp³-hybridized carbons (Fsp3) is 0.625. The molecule has 0 spiro atoms. The molecule has 1 aromatic heterocycles. The molecule has 3 heteroatoms. The van der Waals surface area contributed by atoms with Crippen molar-refractivity contribution in [3.05, 3.63) is 16.9 Å². The number of nitrogens with zero attached hydrogens (tertiary/aromatic N) is 2. The highest BCUT2D eigenvalue weighted by molar-refractivity contribution is 6.31. The van der Waals surface area contributed by atoms with Crippen molar-refractivity contribution >= 4 is 11.6 Å². The summed E-state index contributed by atoms with van der Waals surface area (Å²) < 4.78 is 1.87. The van der Waals surface area contributed by atoms with Crippen LogP contribution in [0.15, 0.2) is 6.20 Å². The highest BCUT2D eigenvalue weighted by Crippen LogP contribution is 2.14. The molecule has 2 nitrogen and oxygen atoms in total. The maximum absolute atomic E-state index is 5.92. The van der Waals surface area contributed by atoms with Gasteiger partial charge in [-0.3, -0.25) is 4.68 Å². The Balaban J connectivity index is 2.79. The van der Waals surface area contributed by atoms with Crippen LogP contribution in [0, 0.1) is 0 Å². The van der Waals surface area contributed by atoms with Gasteiger partial charge in [0.25, 0.3) is 0 Å². The first-order valence-electron chi connectivity index (χ1n) is 3.99. The normalized spacial score (nSPS) is 10.5. The molecule has 0 aromatic carbocycles. The van der Waals surface area contributed by atoms with Crippen LogP contribution in [0.3, 0.4) is 0 Å². The number of aromatic nitrogens is 2. The van der Waals surface area contributed by atoms with Crippen LogP contribution in [0.2, 0.25) is 5.02 Å². The van der Waals surface area contributed by atoms with Crippen LogP contribution in [-0.2, 0) is 13.0 Å². The van der Waals surface area contributed by atoms with Gasteiger partial charge in [0.2, 0.25) is 0 Å². The Bertz CT molecular complexity index is 230. The molecule has 0 fully saturated rings. The molecule has 0 saturated heterocycles. The average Bonchev–Trinajstić information content (AvgIpc) is 2.33. The van der Waals surface area contributed by atoms with E-state index in [2.05, 4.69) is 18.9 Å². The number of rotatable bonds is 3. The van der Waals surface area contributed by atoms with E-state index in [9.17, 15) is 0 Å². The van der Waals surface area contributed by atoms with E-state index in [4.69, 9.17) is 11.6 Å². The number of hydrogen-bond acceptors (Lipinski definition) is 1. The summed E-state index contributed by atoms with van der Waals surface area (Å²) >= 11 is 5.92. The Morgan fingerprint density at radius 3 is 2.73 bits per heavy atom. The zero-order chi connectivity index (χ0) is 8.27. The quantitative estimate of drug-likeness (QED) is 0.685. The highest BCUT2D eigenvalue weighted by Gasteiger charge is 2.03. The van der Waals surface area contributed by atoms with Crippen LogP contribution in [0.5, 0.6) is 0 Å².